The normalized spacial score (nSPS) is 10.9. The number of nitrogens with zero attached hydrogens (tertiary/aromatic N) is 1. The van der Waals surface area contributed by atoms with E-state index in [9.17, 15) is 19.3 Å². The van der Waals surface area contributed by atoms with Crippen molar-refractivity contribution >= 4 is 28.3 Å². The van der Waals surface area contributed by atoms with Gasteiger partial charge in [-0.15, -0.1) is 0 Å². The monoisotopic (exact) mass is 377 g/mol. The lowest BCUT2D eigenvalue weighted by molar-refractivity contribution is -0.385. The minimum atomic E-state index is -0.863. The highest BCUT2D eigenvalue weighted by molar-refractivity contribution is 6.32. The number of rotatable bonds is 5. The zero-order valence-electron chi connectivity index (χ0n) is 13.6. The first kappa shape index (κ1) is 17.9. The summed E-state index contributed by atoms with van der Waals surface area (Å²) in [5.74, 6) is -1.02. The average molecular weight is 378 g/mol. The molecule has 3 aromatic rings. The van der Waals surface area contributed by atoms with Crippen molar-refractivity contribution in [3.8, 4) is 5.75 Å². The fourth-order valence-electron chi connectivity index (χ4n) is 2.55. The molecule has 134 valence electrons. The highest BCUT2D eigenvalue weighted by atomic mass is 35.5. The van der Waals surface area contributed by atoms with Crippen LogP contribution in [-0.4, -0.2) is 4.92 Å². The van der Waals surface area contributed by atoms with E-state index in [0.717, 1.165) is 17.7 Å². The van der Waals surface area contributed by atoms with Crippen LogP contribution in [0.4, 0.5) is 10.1 Å². The Hall–Kier alpha value is -2.93. The van der Waals surface area contributed by atoms with Crippen LogP contribution in [0.3, 0.4) is 0 Å². The first-order valence-electron chi connectivity index (χ1n) is 7.71. The summed E-state index contributed by atoms with van der Waals surface area (Å²) < 4.78 is 24.5. The van der Waals surface area contributed by atoms with Crippen LogP contribution in [0, 0.1) is 15.9 Å². The lowest BCUT2D eigenvalue weighted by Crippen LogP contribution is -2.05. The molecule has 0 radical (unpaired) electrons. The largest absolute Gasteiger partial charge is 0.486 e. The van der Waals surface area contributed by atoms with E-state index in [1.165, 1.54) is 12.1 Å². The molecule has 6 nitrogen and oxygen atoms in total. The molecular formula is C18H13ClFNO5. The number of nitro groups is 1. The van der Waals surface area contributed by atoms with Crippen LogP contribution in [0.5, 0.6) is 5.75 Å². The summed E-state index contributed by atoms with van der Waals surface area (Å²) >= 11 is 6.22. The molecule has 8 heteroatoms. The van der Waals surface area contributed by atoms with Gasteiger partial charge in [-0.2, -0.15) is 0 Å². The number of benzene rings is 2. The van der Waals surface area contributed by atoms with Crippen molar-refractivity contribution < 1.29 is 18.5 Å². The van der Waals surface area contributed by atoms with E-state index in [2.05, 4.69) is 0 Å². The van der Waals surface area contributed by atoms with Gasteiger partial charge in [-0.25, -0.2) is 9.18 Å². The fraction of sp³-hybridized carbons (Fsp3) is 0.167. The smallest absolute Gasteiger partial charge is 0.336 e. The predicted molar refractivity (Wildman–Crippen MR) is 94.3 cm³/mol. The Morgan fingerprint density at radius 3 is 2.65 bits per heavy atom. The van der Waals surface area contributed by atoms with Crippen molar-refractivity contribution in [3.63, 3.8) is 0 Å². The molecule has 0 N–H and O–H groups in total. The average Bonchev–Trinajstić information content (AvgIpc) is 2.60. The van der Waals surface area contributed by atoms with Crippen LogP contribution < -0.4 is 10.4 Å². The van der Waals surface area contributed by atoms with E-state index in [0.29, 0.717) is 28.0 Å². The van der Waals surface area contributed by atoms with Crippen LogP contribution >= 0.6 is 11.6 Å². The van der Waals surface area contributed by atoms with Crippen LogP contribution in [-0.2, 0) is 13.0 Å². The maximum atomic E-state index is 13.9. The first-order chi connectivity index (χ1) is 12.4. The lowest BCUT2D eigenvalue weighted by atomic mass is 10.1. The van der Waals surface area contributed by atoms with Crippen LogP contribution in [0.25, 0.3) is 11.0 Å². The van der Waals surface area contributed by atoms with E-state index < -0.39 is 16.4 Å². The van der Waals surface area contributed by atoms with Gasteiger partial charge in [-0.1, -0.05) is 18.5 Å². The molecule has 1 heterocycles. The number of nitro benzene ring substituents is 1. The third-order valence-electron chi connectivity index (χ3n) is 3.89. The molecular weight excluding hydrogens is 365 g/mol. The number of ether oxygens (including phenoxy) is 1. The van der Waals surface area contributed by atoms with Crippen LogP contribution in [0.15, 0.2) is 45.6 Å². The molecule has 0 fully saturated rings. The van der Waals surface area contributed by atoms with Gasteiger partial charge in [0.2, 0.25) is 0 Å². The van der Waals surface area contributed by atoms with Gasteiger partial charge >= 0.3 is 5.63 Å². The van der Waals surface area contributed by atoms with Gasteiger partial charge in [-0.05, 0) is 30.2 Å². The molecule has 1 aromatic heterocycles. The molecule has 0 aliphatic carbocycles. The minimum Gasteiger partial charge on any atom is -0.486 e. The molecule has 26 heavy (non-hydrogen) atoms. The van der Waals surface area contributed by atoms with Gasteiger partial charge in [-0.3, -0.25) is 10.1 Å². The number of fused-ring (bicyclic) bond motifs is 1. The fourth-order valence-corrected chi connectivity index (χ4v) is 2.85. The second kappa shape index (κ2) is 7.13. The van der Waals surface area contributed by atoms with Gasteiger partial charge < -0.3 is 9.15 Å². The summed E-state index contributed by atoms with van der Waals surface area (Å²) in [5.41, 5.74) is 0.728. The van der Waals surface area contributed by atoms with Gasteiger partial charge in [0.1, 0.15) is 12.2 Å². The SMILES string of the molecule is CCc1cc2oc(=O)cc(COc3ccc([N+](=O)[O-])cc3F)c2cc1Cl. The molecule has 0 aliphatic heterocycles. The summed E-state index contributed by atoms with van der Waals surface area (Å²) in [6.45, 7) is 1.80. The van der Waals surface area contributed by atoms with E-state index in [4.69, 9.17) is 20.8 Å². The van der Waals surface area contributed by atoms with Crippen molar-refractivity contribution in [1.82, 2.24) is 0 Å². The van der Waals surface area contributed by atoms with Crippen molar-refractivity contribution in [2.75, 3.05) is 0 Å². The van der Waals surface area contributed by atoms with Crippen molar-refractivity contribution in [3.05, 3.63) is 78.9 Å². The topological polar surface area (TPSA) is 82.6 Å². The Morgan fingerprint density at radius 2 is 2.00 bits per heavy atom. The number of halogens is 2. The standard InChI is InChI=1S/C18H13ClFNO5/c1-2-10-5-17-13(8-14(10)19)11(6-18(22)26-17)9-25-16-4-3-12(21(23)24)7-15(16)20/h3-8H,2,9H2,1H3. The second-order valence-electron chi connectivity index (χ2n) is 5.54. The Balaban J connectivity index is 1.95. The summed E-state index contributed by atoms with van der Waals surface area (Å²) in [6, 6.07) is 7.69. The highest BCUT2D eigenvalue weighted by Gasteiger charge is 2.14. The van der Waals surface area contributed by atoms with Crippen molar-refractivity contribution in [1.29, 1.82) is 0 Å². The zero-order chi connectivity index (χ0) is 18.8. The number of aryl methyl sites for hydroxylation is 1. The summed E-state index contributed by atoms with van der Waals surface area (Å²) in [5, 5.41) is 11.8. The highest BCUT2D eigenvalue weighted by Crippen LogP contribution is 2.28. The van der Waals surface area contributed by atoms with Gasteiger partial charge in [0.25, 0.3) is 5.69 Å². The van der Waals surface area contributed by atoms with Gasteiger partial charge in [0.15, 0.2) is 11.6 Å². The number of non-ortho nitro benzene ring substituents is 1. The van der Waals surface area contributed by atoms with Gasteiger partial charge in [0.05, 0.1) is 11.0 Å². The zero-order valence-corrected chi connectivity index (χ0v) is 14.4. The molecule has 0 saturated carbocycles. The first-order valence-corrected chi connectivity index (χ1v) is 8.08. The number of hydrogen-bond donors (Lipinski definition) is 0. The molecule has 3 rings (SSSR count). The van der Waals surface area contributed by atoms with E-state index in [1.807, 2.05) is 6.92 Å². The minimum absolute atomic E-state index is 0.126. The summed E-state index contributed by atoms with van der Waals surface area (Å²) in [7, 11) is 0. The molecule has 0 aliphatic rings. The van der Waals surface area contributed by atoms with Gasteiger partial charge in [0, 0.05) is 28.1 Å². The van der Waals surface area contributed by atoms with Crippen LogP contribution in [0.1, 0.15) is 18.1 Å². The molecule has 0 unspecified atom stereocenters. The third kappa shape index (κ3) is 3.52. The Labute approximate surface area is 151 Å². The summed E-state index contributed by atoms with van der Waals surface area (Å²) in [4.78, 5) is 21.7. The molecule has 0 atom stereocenters. The Morgan fingerprint density at radius 1 is 1.23 bits per heavy atom. The van der Waals surface area contributed by atoms with Crippen LogP contribution in [0.2, 0.25) is 5.02 Å². The van der Waals surface area contributed by atoms with Crippen molar-refractivity contribution in [2.24, 2.45) is 0 Å². The van der Waals surface area contributed by atoms with E-state index in [1.54, 1.807) is 12.1 Å². The number of hydrogen-bond acceptors (Lipinski definition) is 5. The molecule has 0 bridgehead atoms. The van der Waals surface area contributed by atoms with Crippen molar-refractivity contribution in [2.45, 2.75) is 20.0 Å². The van der Waals surface area contributed by atoms with E-state index in [-0.39, 0.29) is 18.0 Å². The molecule has 2 aromatic carbocycles. The maximum Gasteiger partial charge on any atom is 0.336 e. The summed E-state index contributed by atoms with van der Waals surface area (Å²) in [6.07, 6.45) is 0.674. The van der Waals surface area contributed by atoms with E-state index >= 15 is 0 Å². The Bertz CT molecular complexity index is 1060. The lowest BCUT2D eigenvalue weighted by Gasteiger charge is -2.10. The molecule has 0 saturated heterocycles. The second-order valence-corrected chi connectivity index (χ2v) is 5.95. The molecule has 0 amide bonds. The quantitative estimate of drug-likeness (QED) is 0.367. The third-order valence-corrected chi connectivity index (χ3v) is 4.24. The molecule has 0 spiro atoms. The maximum absolute atomic E-state index is 13.9. The predicted octanol–water partition coefficient (Wildman–Crippen LogP) is 4.64. The Kier molecular flexibility index (Phi) is 4.90.